The second kappa shape index (κ2) is 5.69. The Hall–Kier alpha value is -0.0800. The zero-order valence-corrected chi connectivity index (χ0v) is 7.22. The van der Waals surface area contributed by atoms with Gasteiger partial charge in [-0.3, -0.25) is 0 Å². The molecule has 0 aliphatic heterocycles. The molecule has 0 radical (unpaired) electrons. The van der Waals surface area contributed by atoms with Crippen LogP contribution in [0.4, 0.5) is 0 Å². The van der Waals surface area contributed by atoms with Crippen molar-refractivity contribution >= 4 is 0 Å². The van der Waals surface area contributed by atoms with E-state index in [1.807, 2.05) is 14.0 Å². The lowest BCUT2D eigenvalue weighted by atomic mass is 9.98. The lowest BCUT2D eigenvalue weighted by molar-refractivity contribution is 0.120. The van der Waals surface area contributed by atoms with Crippen molar-refractivity contribution in [1.82, 2.24) is 5.32 Å². The highest BCUT2D eigenvalue weighted by Crippen LogP contribution is 2.09. The third kappa shape index (κ3) is 3.85. The topological polar surface area (TPSA) is 32.3 Å². The Morgan fingerprint density at radius 1 is 1.50 bits per heavy atom. The largest absolute Gasteiger partial charge is 0.393 e. The molecule has 0 fully saturated rings. The van der Waals surface area contributed by atoms with Crippen LogP contribution in [0, 0.1) is 5.92 Å². The predicted octanol–water partition coefficient (Wildman–Crippen LogP) is 1.00. The minimum atomic E-state index is -0.174. The maximum absolute atomic E-state index is 9.23. The molecule has 0 bridgehead atoms. The van der Waals surface area contributed by atoms with E-state index in [1.165, 1.54) is 0 Å². The maximum atomic E-state index is 9.23. The summed E-state index contributed by atoms with van der Waals surface area (Å²) in [6, 6.07) is 0. The van der Waals surface area contributed by atoms with Crippen LogP contribution in [0.5, 0.6) is 0 Å². The van der Waals surface area contributed by atoms with Crippen LogP contribution in [-0.4, -0.2) is 24.8 Å². The van der Waals surface area contributed by atoms with Crippen molar-refractivity contribution in [2.24, 2.45) is 5.92 Å². The molecule has 2 heteroatoms. The molecule has 0 aromatic rings. The van der Waals surface area contributed by atoms with Gasteiger partial charge in [0.2, 0.25) is 0 Å². The van der Waals surface area contributed by atoms with Gasteiger partial charge in [0.1, 0.15) is 0 Å². The first kappa shape index (κ1) is 9.92. The summed E-state index contributed by atoms with van der Waals surface area (Å²) < 4.78 is 0. The summed E-state index contributed by atoms with van der Waals surface area (Å²) in [4.78, 5) is 0. The van der Waals surface area contributed by atoms with Gasteiger partial charge in [-0.05, 0) is 26.3 Å². The summed E-state index contributed by atoms with van der Waals surface area (Å²) in [7, 11) is 1.92. The minimum Gasteiger partial charge on any atom is -0.393 e. The standard InChI is InChI=1S/C8H19NO/c1-4-5-8(6-9-3)7(2)10/h7-10H,4-6H2,1-3H3. The zero-order chi connectivity index (χ0) is 7.98. The van der Waals surface area contributed by atoms with Crippen molar-refractivity contribution in [3.8, 4) is 0 Å². The van der Waals surface area contributed by atoms with Crippen molar-refractivity contribution in [3.05, 3.63) is 0 Å². The SMILES string of the molecule is CCCC(CNC)C(C)O. The van der Waals surface area contributed by atoms with E-state index in [4.69, 9.17) is 0 Å². The molecule has 0 saturated carbocycles. The van der Waals surface area contributed by atoms with Crippen LogP contribution in [0.3, 0.4) is 0 Å². The van der Waals surface area contributed by atoms with Gasteiger partial charge in [-0.1, -0.05) is 13.3 Å². The van der Waals surface area contributed by atoms with E-state index in [1.54, 1.807) is 0 Å². The van der Waals surface area contributed by atoms with Gasteiger partial charge in [-0.15, -0.1) is 0 Å². The second-order valence-corrected chi connectivity index (χ2v) is 2.85. The Balaban J connectivity index is 3.50. The Morgan fingerprint density at radius 3 is 2.40 bits per heavy atom. The lowest BCUT2D eigenvalue weighted by Crippen LogP contribution is -2.27. The number of hydrogen-bond donors (Lipinski definition) is 2. The molecular formula is C8H19NO. The van der Waals surface area contributed by atoms with E-state index in [0.29, 0.717) is 5.92 Å². The van der Waals surface area contributed by atoms with Crippen molar-refractivity contribution in [2.75, 3.05) is 13.6 Å². The monoisotopic (exact) mass is 145 g/mol. The Morgan fingerprint density at radius 2 is 2.10 bits per heavy atom. The van der Waals surface area contributed by atoms with E-state index in [0.717, 1.165) is 19.4 Å². The smallest absolute Gasteiger partial charge is 0.0552 e. The second-order valence-electron chi connectivity index (χ2n) is 2.85. The number of aliphatic hydroxyl groups is 1. The molecule has 2 atom stereocenters. The lowest BCUT2D eigenvalue weighted by Gasteiger charge is -2.18. The van der Waals surface area contributed by atoms with Crippen LogP contribution < -0.4 is 5.32 Å². The van der Waals surface area contributed by atoms with Gasteiger partial charge < -0.3 is 10.4 Å². The van der Waals surface area contributed by atoms with Gasteiger partial charge in [0.15, 0.2) is 0 Å². The van der Waals surface area contributed by atoms with Crippen molar-refractivity contribution in [2.45, 2.75) is 32.8 Å². The first-order valence-electron chi connectivity index (χ1n) is 4.05. The van der Waals surface area contributed by atoms with Crippen LogP contribution in [0.2, 0.25) is 0 Å². The molecule has 0 aromatic carbocycles. The van der Waals surface area contributed by atoms with Gasteiger partial charge in [0.05, 0.1) is 6.10 Å². The molecule has 2 unspecified atom stereocenters. The normalized spacial score (nSPS) is 16.8. The molecule has 0 aliphatic rings. The molecule has 2 N–H and O–H groups in total. The number of nitrogens with one attached hydrogen (secondary N) is 1. The van der Waals surface area contributed by atoms with Crippen molar-refractivity contribution in [3.63, 3.8) is 0 Å². The molecule has 0 aliphatic carbocycles. The minimum absolute atomic E-state index is 0.174. The van der Waals surface area contributed by atoms with Crippen LogP contribution in [0.15, 0.2) is 0 Å². The molecule has 0 aromatic heterocycles. The highest BCUT2D eigenvalue weighted by molar-refractivity contribution is 4.65. The molecular weight excluding hydrogens is 126 g/mol. The molecule has 0 rings (SSSR count). The third-order valence-electron chi connectivity index (χ3n) is 1.81. The molecule has 0 spiro atoms. The fourth-order valence-electron chi connectivity index (χ4n) is 1.15. The summed E-state index contributed by atoms with van der Waals surface area (Å²) in [6.45, 7) is 4.92. The number of aliphatic hydroxyl groups excluding tert-OH is 1. The molecule has 10 heavy (non-hydrogen) atoms. The first-order valence-corrected chi connectivity index (χ1v) is 4.05. The predicted molar refractivity (Wildman–Crippen MR) is 44.0 cm³/mol. The van der Waals surface area contributed by atoms with Gasteiger partial charge in [-0.2, -0.15) is 0 Å². The van der Waals surface area contributed by atoms with Crippen LogP contribution in [0.25, 0.3) is 0 Å². The Kier molecular flexibility index (Phi) is 5.64. The molecule has 0 amide bonds. The highest BCUT2D eigenvalue weighted by atomic mass is 16.3. The number of rotatable bonds is 5. The average molecular weight is 145 g/mol. The quantitative estimate of drug-likeness (QED) is 0.605. The van der Waals surface area contributed by atoms with Crippen LogP contribution in [-0.2, 0) is 0 Å². The molecule has 2 nitrogen and oxygen atoms in total. The fraction of sp³-hybridized carbons (Fsp3) is 1.00. The molecule has 0 saturated heterocycles. The van der Waals surface area contributed by atoms with Crippen LogP contribution >= 0.6 is 0 Å². The highest BCUT2D eigenvalue weighted by Gasteiger charge is 2.11. The molecule has 0 heterocycles. The van der Waals surface area contributed by atoms with Gasteiger partial charge >= 0.3 is 0 Å². The van der Waals surface area contributed by atoms with Crippen molar-refractivity contribution < 1.29 is 5.11 Å². The molecule has 62 valence electrons. The Labute approximate surface area is 63.6 Å². The van der Waals surface area contributed by atoms with E-state index in [-0.39, 0.29) is 6.10 Å². The number of hydrogen-bond acceptors (Lipinski definition) is 2. The van der Waals surface area contributed by atoms with E-state index in [9.17, 15) is 5.11 Å². The van der Waals surface area contributed by atoms with E-state index in [2.05, 4.69) is 12.2 Å². The maximum Gasteiger partial charge on any atom is 0.0552 e. The summed E-state index contributed by atoms with van der Waals surface area (Å²) in [5.74, 6) is 0.426. The van der Waals surface area contributed by atoms with Gasteiger partial charge in [0, 0.05) is 6.54 Å². The average Bonchev–Trinajstić information content (AvgIpc) is 1.87. The van der Waals surface area contributed by atoms with Gasteiger partial charge in [0.25, 0.3) is 0 Å². The van der Waals surface area contributed by atoms with E-state index < -0.39 is 0 Å². The van der Waals surface area contributed by atoms with Gasteiger partial charge in [-0.25, -0.2) is 0 Å². The van der Waals surface area contributed by atoms with Crippen LogP contribution in [0.1, 0.15) is 26.7 Å². The summed E-state index contributed by atoms with van der Waals surface area (Å²) in [5.41, 5.74) is 0. The zero-order valence-electron chi connectivity index (χ0n) is 7.22. The summed E-state index contributed by atoms with van der Waals surface area (Å²) >= 11 is 0. The van der Waals surface area contributed by atoms with Crippen molar-refractivity contribution in [1.29, 1.82) is 0 Å². The summed E-state index contributed by atoms with van der Waals surface area (Å²) in [6.07, 6.45) is 2.09. The van der Waals surface area contributed by atoms with E-state index >= 15 is 0 Å². The summed E-state index contributed by atoms with van der Waals surface area (Å²) in [5, 5.41) is 12.3. The third-order valence-corrected chi connectivity index (χ3v) is 1.81. The fourth-order valence-corrected chi connectivity index (χ4v) is 1.15. The Bertz CT molecular complexity index is 67.7. The first-order chi connectivity index (χ1) is 4.72.